The Morgan fingerprint density at radius 3 is 2.73 bits per heavy atom. The first-order valence-corrected chi connectivity index (χ1v) is 8.18. The van der Waals surface area contributed by atoms with Gasteiger partial charge < -0.3 is 15.5 Å². The van der Waals surface area contributed by atoms with Crippen molar-refractivity contribution in [2.45, 2.75) is 40.2 Å². The zero-order valence-corrected chi connectivity index (χ0v) is 14.7. The van der Waals surface area contributed by atoms with Crippen LogP contribution in [0.3, 0.4) is 0 Å². The summed E-state index contributed by atoms with van der Waals surface area (Å²) in [7, 11) is 4.01. The molecule has 0 aliphatic carbocycles. The molecule has 0 spiro atoms. The number of aromatic nitrogens is 1. The lowest BCUT2D eigenvalue weighted by Gasteiger charge is -2.16. The van der Waals surface area contributed by atoms with Crippen molar-refractivity contribution in [1.82, 2.24) is 15.6 Å². The zero-order valence-electron chi connectivity index (χ0n) is 14.7. The van der Waals surface area contributed by atoms with E-state index in [0.29, 0.717) is 6.54 Å². The first kappa shape index (κ1) is 18.3. The van der Waals surface area contributed by atoms with E-state index < -0.39 is 0 Å². The molecular formula is C17H31N5. The molecule has 1 rings (SSSR count). The van der Waals surface area contributed by atoms with Crippen molar-refractivity contribution >= 4 is 11.8 Å². The van der Waals surface area contributed by atoms with Gasteiger partial charge in [0.05, 0.1) is 6.54 Å². The number of anilines is 1. The third-order valence-corrected chi connectivity index (χ3v) is 3.29. The average Bonchev–Trinajstić information content (AvgIpc) is 2.49. The second-order valence-corrected chi connectivity index (χ2v) is 6.04. The van der Waals surface area contributed by atoms with Gasteiger partial charge in [-0.3, -0.25) is 0 Å². The summed E-state index contributed by atoms with van der Waals surface area (Å²) in [6.45, 7) is 9.04. The van der Waals surface area contributed by atoms with Crippen LogP contribution in [0.1, 0.15) is 39.2 Å². The van der Waals surface area contributed by atoms with Gasteiger partial charge in [-0.05, 0) is 31.7 Å². The van der Waals surface area contributed by atoms with Gasteiger partial charge in [-0.25, -0.2) is 9.98 Å². The predicted octanol–water partition coefficient (Wildman–Crippen LogP) is 2.64. The van der Waals surface area contributed by atoms with Crippen LogP contribution in [0.25, 0.3) is 0 Å². The summed E-state index contributed by atoms with van der Waals surface area (Å²) < 4.78 is 0. The average molecular weight is 305 g/mol. The number of nitrogens with zero attached hydrogens (tertiary/aromatic N) is 3. The molecule has 0 bridgehead atoms. The van der Waals surface area contributed by atoms with E-state index in [2.05, 4.69) is 47.4 Å². The van der Waals surface area contributed by atoms with Crippen molar-refractivity contribution in [2.75, 3.05) is 32.1 Å². The fourth-order valence-electron chi connectivity index (χ4n) is 2.18. The summed E-state index contributed by atoms with van der Waals surface area (Å²) in [6.07, 6.45) is 4.22. The molecule has 0 aromatic carbocycles. The lowest BCUT2D eigenvalue weighted by Crippen LogP contribution is -2.37. The van der Waals surface area contributed by atoms with Crippen LogP contribution in [0, 0.1) is 5.92 Å². The summed E-state index contributed by atoms with van der Waals surface area (Å²) in [5, 5.41) is 6.69. The molecule has 1 heterocycles. The van der Waals surface area contributed by atoms with Crippen LogP contribution in [0.4, 0.5) is 5.82 Å². The Morgan fingerprint density at radius 2 is 2.09 bits per heavy atom. The second kappa shape index (κ2) is 10.0. The largest absolute Gasteiger partial charge is 0.362 e. The van der Waals surface area contributed by atoms with Gasteiger partial charge in [0.1, 0.15) is 5.82 Å². The predicted molar refractivity (Wildman–Crippen MR) is 95.5 cm³/mol. The van der Waals surface area contributed by atoms with Gasteiger partial charge in [-0.1, -0.05) is 19.9 Å². The molecule has 0 aliphatic rings. The molecule has 5 heteroatoms. The normalized spacial score (nSPS) is 11.6. The zero-order chi connectivity index (χ0) is 16.4. The Morgan fingerprint density at radius 1 is 1.32 bits per heavy atom. The fraction of sp³-hybridized carbons (Fsp3) is 0.647. The quantitative estimate of drug-likeness (QED) is 0.440. The molecular weight excluding hydrogens is 274 g/mol. The van der Waals surface area contributed by atoms with Crippen molar-refractivity contribution in [3.05, 3.63) is 23.9 Å². The molecule has 0 fully saturated rings. The van der Waals surface area contributed by atoms with Gasteiger partial charge in [-0.15, -0.1) is 0 Å². The number of guanidine groups is 1. The summed E-state index contributed by atoms with van der Waals surface area (Å²) in [4.78, 5) is 11.1. The lowest BCUT2D eigenvalue weighted by atomic mass is 10.1. The summed E-state index contributed by atoms with van der Waals surface area (Å²) >= 11 is 0. The highest BCUT2D eigenvalue weighted by molar-refractivity contribution is 5.79. The van der Waals surface area contributed by atoms with E-state index in [0.717, 1.165) is 42.8 Å². The van der Waals surface area contributed by atoms with Gasteiger partial charge in [-0.2, -0.15) is 0 Å². The van der Waals surface area contributed by atoms with E-state index in [1.807, 2.05) is 31.3 Å². The molecule has 0 unspecified atom stereocenters. The van der Waals surface area contributed by atoms with E-state index >= 15 is 0 Å². The van der Waals surface area contributed by atoms with E-state index in [4.69, 9.17) is 0 Å². The van der Waals surface area contributed by atoms with E-state index in [1.54, 1.807) is 0 Å². The molecule has 22 heavy (non-hydrogen) atoms. The SMILES string of the molecule is CCNC(=NCc1cccnc1N(C)C)NCCCC(C)C. The van der Waals surface area contributed by atoms with Gasteiger partial charge >= 0.3 is 0 Å². The molecule has 2 N–H and O–H groups in total. The molecule has 0 saturated heterocycles. The smallest absolute Gasteiger partial charge is 0.191 e. The maximum absolute atomic E-state index is 4.67. The van der Waals surface area contributed by atoms with Crippen LogP contribution < -0.4 is 15.5 Å². The summed E-state index contributed by atoms with van der Waals surface area (Å²) in [6, 6.07) is 4.04. The molecule has 0 atom stereocenters. The van der Waals surface area contributed by atoms with Crippen molar-refractivity contribution in [1.29, 1.82) is 0 Å². The van der Waals surface area contributed by atoms with Crippen LogP contribution in [0.2, 0.25) is 0 Å². The van der Waals surface area contributed by atoms with Gasteiger partial charge in [0.2, 0.25) is 0 Å². The first-order chi connectivity index (χ1) is 10.5. The molecule has 0 radical (unpaired) electrons. The van der Waals surface area contributed by atoms with Crippen LogP contribution in [0.5, 0.6) is 0 Å². The Kier molecular flexibility index (Phi) is 8.33. The Bertz CT molecular complexity index is 454. The third-order valence-electron chi connectivity index (χ3n) is 3.29. The topological polar surface area (TPSA) is 52.6 Å². The number of rotatable bonds is 8. The molecule has 0 amide bonds. The number of hydrogen-bond acceptors (Lipinski definition) is 3. The maximum atomic E-state index is 4.67. The second-order valence-electron chi connectivity index (χ2n) is 6.04. The third kappa shape index (κ3) is 6.78. The number of nitrogens with one attached hydrogen (secondary N) is 2. The number of pyridine rings is 1. The van der Waals surface area contributed by atoms with Gasteiger partial charge in [0, 0.05) is 38.9 Å². The lowest BCUT2D eigenvalue weighted by molar-refractivity contribution is 0.549. The van der Waals surface area contributed by atoms with E-state index in [1.165, 1.54) is 6.42 Å². The van der Waals surface area contributed by atoms with Crippen LogP contribution in [-0.4, -0.2) is 38.1 Å². The molecule has 124 valence electrons. The standard InChI is InChI=1S/C17H31N5/c1-6-18-17(20-12-7-9-14(2)3)21-13-15-10-8-11-19-16(15)22(4)5/h8,10-11,14H,6-7,9,12-13H2,1-5H3,(H2,18,20,21). The van der Waals surface area contributed by atoms with Crippen LogP contribution in [-0.2, 0) is 6.54 Å². The Balaban J connectivity index is 2.62. The number of hydrogen-bond donors (Lipinski definition) is 2. The van der Waals surface area contributed by atoms with Gasteiger partial charge in [0.15, 0.2) is 5.96 Å². The Hall–Kier alpha value is -1.78. The minimum atomic E-state index is 0.626. The monoisotopic (exact) mass is 305 g/mol. The van der Waals surface area contributed by atoms with Gasteiger partial charge in [0.25, 0.3) is 0 Å². The van der Waals surface area contributed by atoms with E-state index in [9.17, 15) is 0 Å². The first-order valence-electron chi connectivity index (χ1n) is 8.18. The highest BCUT2D eigenvalue weighted by Crippen LogP contribution is 2.15. The molecule has 0 saturated carbocycles. The summed E-state index contributed by atoms with van der Waals surface area (Å²) in [5.41, 5.74) is 1.13. The highest BCUT2D eigenvalue weighted by atomic mass is 15.2. The molecule has 1 aromatic heterocycles. The number of aliphatic imine (C=N–C) groups is 1. The highest BCUT2D eigenvalue weighted by Gasteiger charge is 2.05. The van der Waals surface area contributed by atoms with Crippen LogP contribution >= 0.6 is 0 Å². The molecule has 1 aromatic rings. The van der Waals surface area contributed by atoms with Crippen molar-refractivity contribution in [2.24, 2.45) is 10.9 Å². The minimum absolute atomic E-state index is 0.626. The van der Waals surface area contributed by atoms with Crippen molar-refractivity contribution in [3.8, 4) is 0 Å². The van der Waals surface area contributed by atoms with Crippen molar-refractivity contribution in [3.63, 3.8) is 0 Å². The van der Waals surface area contributed by atoms with E-state index in [-0.39, 0.29) is 0 Å². The maximum Gasteiger partial charge on any atom is 0.191 e. The molecule has 0 aliphatic heterocycles. The van der Waals surface area contributed by atoms with Crippen LogP contribution in [0.15, 0.2) is 23.3 Å². The summed E-state index contributed by atoms with van der Waals surface area (Å²) in [5.74, 6) is 2.60. The minimum Gasteiger partial charge on any atom is -0.362 e. The Labute approximate surface area is 135 Å². The van der Waals surface area contributed by atoms with Crippen molar-refractivity contribution < 1.29 is 0 Å². The fourth-order valence-corrected chi connectivity index (χ4v) is 2.18. The molecule has 5 nitrogen and oxygen atoms in total.